The molecule has 0 radical (unpaired) electrons. The first-order chi connectivity index (χ1) is 12.9. The van der Waals surface area contributed by atoms with Crippen molar-refractivity contribution >= 4 is 31.8 Å². The molecule has 0 bridgehead atoms. The molecule has 7 nitrogen and oxygen atoms in total. The number of pyridine rings is 1. The maximum atomic E-state index is 13.3. The van der Waals surface area contributed by atoms with Crippen LogP contribution in [0.15, 0.2) is 40.2 Å². The smallest absolute Gasteiger partial charge is 0.272 e. The van der Waals surface area contributed by atoms with Crippen LogP contribution in [0.1, 0.15) is 26.7 Å². The van der Waals surface area contributed by atoms with E-state index in [1.165, 1.54) is 0 Å². The molecule has 8 heteroatoms. The Morgan fingerprint density at radius 1 is 1.22 bits per heavy atom. The Bertz CT molecular complexity index is 1140. The van der Waals surface area contributed by atoms with Gasteiger partial charge in [-0.1, -0.05) is 13.8 Å². The summed E-state index contributed by atoms with van der Waals surface area (Å²) in [4.78, 5) is 18.1. The summed E-state index contributed by atoms with van der Waals surface area (Å²) in [6, 6.07) is 7.12. The van der Waals surface area contributed by atoms with Crippen LogP contribution in [-0.4, -0.2) is 47.9 Å². The van der Waals surface area contributed by atoms with Crippen molar-refractivity contribution in [2.75, 3.05) is 13.1 Å². The van der Waals surface area contributed by atoms with Crippen LogP contribution in [0.2, 0.25) is 0 Å². The summed E-state index contributed by atoms with van der Waals surface area (Å²) >= 11 is 0. The fraction of sp³-hybridized carbons (Fsp3) is 0.421. The van der Waals surface area contributed by atoms with Gasteiger partial charge in [0.05, 0.1) is 4.90 Å². The number of hydrogen-bond donors (Lipinski definition) is 3. The lowest BCUT2D eigenvalue weighted by molar-refractivity contribution is 0.390. The van der Waals surface area contributed by atoms with Crippen molar-refractivity contribution in [3.8, 4) is 0 Å². The number of hydrogen-bond acceptors (Lipinski definition) is 4. The van der Waals surface area contributed by atoms with Crippen molar-refractivity contribution in [3.05, 3.63) is 40.8 Å². The average Bonchev–Trinajstić information content (AvgIpc) is 3.32. The normalized spacial score (nSPS) is 15.4. The standard InChI is InChI=1S/C19H24N4O3S/c1-12(2)20-9-10-23(13-3-4-13)27(25,26)14-5-6-17-16(11-14)15-7-8-21-18(15)19(24)22-17/h5-8,11-13,20-21H,3-4,9-10H2,1-2H3,(H,22,24). The van der Waals surface area contributed by atoms with Crippen molar-refractivity contribution < 1.29 is 8.42 Å². The number of H-pyrrole nitrogens is 2. The van der Waals surface area contributed by atoms with Gasteiger partial charge in [0.1, 0.15) is 5.52 Å². The predicted octanol–water partition coefficient (Wildman–Crippen LogP) is 2.16. The minimum atomic E-state index is -3.60. The van der Waals surface area contributed by atoms with Gasteiger partial charge in [0.15, 0.2) is 0 Å². The molecule has 0 spiro atoms. The quantitative estimate of drug-likeness (QED) is 0.578. The molecule has 3 aromatic rings. The minimum absolute atomic E-state index is 0.0857. The third-order valence-electron chi connectivity index (χ3n) is 4.95. The highest BCUT2D eigenvalue weighted by Gasteiger charge is 2.37. The zero-order valence-corrected chi connectivity index (χ0v) is 16.3. The molecule has 1 aliphatic rings. The summed E-state index contributed by atoms with van der Waals surface area (Å²) in [5, 5.41) is 4.74. The molecule has 0 unspecified atom stereocenters. The second-order valence-electron chi connectivity index (χ2n) is 7.38. The molecule has 0 amide bonds. The third-order valence-corrected chi connectivity index (χ3v) is 6.90. The summed E-state index contributed by atoms with van der Waals surface area (Å²) in [6.45, 7) is 5.16. The number of nitrogens with one attached hydrogen (secondary N) is 3. The summed E-state index contributed by atoms with van der Waals surface area (Å²) in [7, 11) is -3.60. The van der Waals surface area contributed by atoms with Gasteiger partial charge in [-0.2, -0.15) is 4.31 Å². The lowest BCUT2D eigenvalue weighted by atomic mass is 10.1. The molecule has 0 atom stereocenters. The molecule has 1 fully saturated rings. The highest BCUT2D eigenvalue weighted by molar-refractivity contribution is 7.89. The zero-order valence-electron chi connectivity index (χ0n) is 15.5. The Morgan fingerprint density at radius 3 is 2.70 bits per heavy atom. The Balaban J connectivity index is 1.75. The van der Waals surface area contributed by atoms with Crippen LogP contribution >= 0.6 is 0 Å². The molecule has 1 saturated carbocycles. The van der Waals surface area contributed by atoms with E-state index in [1.807, 2.05) is 13.8 Å². The Morgan fingerprint density at radius 2 is 2.00 bits per heavy atom. The topological polar surface area (TPSA) is 98.1 Å². The van der Waals surface area contributed by atoms with E-state index in [-0.39, 0.29) is 16.5 Å². The maximum absolute atomic E-state index is 13.3. The van der Waals surface area contributed by atoms with Gasteiger partial charge in [-0.25, -0.2) is 8.42 Å². The van der Waals surface area contributed by atoms with E-state index in [9.17, 15) is 13.2 Å². The van der Waals surface area contributed by atoms with Gasteiger partial charge in [0, 0.05) is 47.7 Å². The number of aromatic amines is 2. The molecule has 3 N–H and O–H groups in total. The largest absolute Gasteiger partial charge is 0.357 e. The lowest BCUT2D eigenvalue weighted by Gasteiger charge is -2.23. The monoisotopic (exact) mass is 388 g/mol. The van der Waals surface area contributed by atoms with Crippen LogP contribution in [-0.2, 0) is 10.0 Å². The number of sulfonamides is 1. The van der Waals surface area contributed by atoms with Crippen LogP contribution in [0.4, 0.5) is 0 Å². The van der Waals surface area contributed by atoms with Gasteiger partial charge < -0.3 is 15.3 Å². The Labute approximate surface area is 157 Å². The molecule has 0 aliphatic heterocycles. The second kappa shape index (κ2) is 6.78. The lowest BCUT2D eigenvalue weighted by Crippen LogP contribution is -2.39. The SMILES string of the molecule is CC(C)NCCN(C1CC1)S(=O)(=O)c1ccc2[nH]c(=O)c3[nH]ccc3c2c1. The van der Waals surface area contributed by atoms with Gasteiger partial charge in [0.2, 0.25) is 10.0 Å². The molecule has 4 rings (SSSR count). The zero-order chi connectivity index (χ0) is 19.2. The molecular weight excluding hydrogens is 364 g/mol. The number of fused-ring (bicyclic) bond motifs is 3. The van der Waals surface area contributed by atoms with Crippen LogP contribution in [0.3, 0.4) is 0 Å². The molecule has 144 valence electrons. The Kier molecular flexibility index (Phi) is 4.57. The van der Waals surface area contributed by atoms with E-state index in [4.69, 9.17) is 0 Å². The third kappa shape index (κ3) is 3.40. The number of benzene rings is 1. The summed E-state index contributed by atoms with van der Waals surface area (Å²) in [5.41, 5.74) is 0.875. The fourth-order valence-electron chi connectivity index (χ4n) is 3.44. The highest BCUT2D eigenvalue weighted by atomic mass is 32.2. The van der Waals surface area contributed by atoms with Crippen LogP contribution in [0, 0.1) is 0 Å². The first-order valence-electron chi connectivity index (χ1n) is 9.26. The van der Waals surface area contributed by atoms with E-state index >= 15 is 0 Å². The van der Waals surface area contributed by atoms with Gasteiger partial charge >= 0.3 is 0 Å². The maximum Gasteiger partial charge on any atom is 0.272 e. The Hall–Kier alpha value is -2.16. The fourth-order valence-corrected chi connectivity index (χ4v) is 5.16. The number of rotatable bonds is 7. The second-order valence-corrected chi connectivity index (χ2v) is 9.27. The molecule has 27 heavy (non-hydrogen) atoms. The minimum Gasteiger partial charge on any atom is -0.357 e. The number of nitrogens with zero attached hydrogens (tertiary/aromatic N) is 1. The first kappa shape index (κ1) is 18.2. The van der Waals surface area contributed by atoms with E-state index in [1.54, 1.807) is 34.8 Å². The van der Waals surface area contributed by atoms with Crippen LogP contribution in [0.5, 0.6) is 0 Å². The summed E-state index contributed by atoms with van der Waals surface area (Å²) in [6.07, 6.45) is 3.50. The average molecular weight is 388 g/mol. The molecule has 1 aliphatic carbocycles. The van der Waals surface area contributed by atoms with Crippen LogP contribution in [0.25, 0.3) is 21.8 Å². The van der Waals surface area contributed by atoms with E-state index in [2.05, 4.69) is 15.3 Å². The van der Waals surface area contributed by atoms with E-state index in [0.717, 1.165) is 23.6 Å². The van der Waals surface area contributed by atoms with Crippen molar-refractivity contribution in [3.63, 3.8) is 0 Å². The van der Waals surface area contributed by atoms with Gasteiger partial charge in [-0.3, -0.25) is 4.79 Å². The van der Waals surface area contributed by atoms with E-state index in [0.29, 0.717) is 30.2 Å². The van der Waals surface area contributed by atoms with Crippen molar-refractivity contribution in [2.45, 2.75) is 43.7 Å². The van der Waals surface area contributed by atoms with Gasteiger partial charge in [-0.05, 0) is 37.1 Å². The van der Waals surface area contributed by atoms with Gasteiger partial charge in [0.25, 0.3) is 5.56 Å². The van der Waals surface area contributed by atoms with Crippen LogP contribution < -0.4 is 10.9 Å². The summed E-state index contributed by atoms with van der Waals surface area (Å²) < 4.78 is 28.2. The molecule has 2 aromatic heterocycles. The first-order valence-corrected chi connectivity index (χ1v) is 10.7. The molecule has 2 heterocycles. The summed E-state index contributed by atoms with van der Waals surface area (Å²) in [5.74, 6) is 0. The van der Waals surface area contributed by atoms with Crippen molar-refractivity contribution in [1.29, 1.82) is 0 Å². The van der Waals surface area contributed by atoms with E-state index < -0.39 is 10.0 Å². The van der Waals surface area contributed by atoms with Crippen molar-refractivity contribution in [1.82, 2.24) is 19.6 Å². The highest BCUT2D eigenvalue weighted by Crippen LogP contribution is 2.33. The van der Waals surface area contributed by atoms with Gasteiger partial charge in [-0.15, -0.1) is 0 Å². The molecule has 0 saturated heterocycles. The predicted molar refractivity (Wildman–Crippen MR) is 106 cm³/mol. The molecular formula is C19H24N4O3S. The number of aromatic nitrogens is 2. The van der Waals surface area contributed by atoms with Crippen molar-refractivity contribution in [2.24, 2.45) is 0 Å². The molecule has 1 aromatic carbocycles.